The second-order valence-electron chi connectivity index (χ2n) is 4.17. The summed E-state index contributed by atoms with van der Waals surface area (Å²) in [6.07, 6.45) is -3.48. The van der Waals surface area contributed by atoms with E-state index in [0.717, 1.165) is 0 Å². The van der Waals surface area contributed by atoms with Crippen molar-refractivity contribution in [2.24, 2.45) is 5.41 Å². The highest BCUT2D eigenvalue weighted by atomic mass is 35.6. The van der Waals surface area contributed by atoms with Gasteiger partial charge in [0, 0.05) is 0 Å². The van der Waals surface area contributed by atoms with Crippen LogP contribution in [0.1, 0.15) is 12.8 Å². The SMILES string of the molecule is C[Si](C)(Cl)CC1(C(F)(F)F)CC1. The summed E-state index contributed by atoms with van der Waals surface area (Å²) in [6.45, 7) is 3.53. The predicted molar refractivity (Wildman–Crippen MR) is 45.9 cm³/mol. The lowest BCUT2D eigenvalue weighted by Crippen LogP contribution is -2.32. The van der Waals surface area contributed by atoms with Crippen LogP contribution >= 0.6 is 11.1 Å². The molecule has 72 valence electrons. The summed E-state index contributed by atoms with van der Waals surface area (Å²) >= 11 is 5.90. The Morgan fingerprint density at radius 3 is 1.83 bits per heavy atom. The third kappa shape index (κ3) is 2.16. The van der Waals surface area contributed by atoms with Crippen molar-refractivity contribution in [3.63, 3.8) is 0 Å². The van der Waals surface area contributed by atoms with Crippen molar-refractivity contribution in [3.05, 3.63) is 0 Å². The molecule has 0 atom stereocenters. The van der Waals surface area contributed by atoms with Crippen molar-refractivity contribution < 1.29 is 13.2 Å². The fraction of sp³-hybridized carbons (Fsp3) is 1.00. The van der Waals surface area contributed by atoms with Gasteiger partial charge in [-0.3, -0.25) is 0 Å². The molecule has 12 heavy (non-hydrogen) atoms. The van der Waals surface area contributed by atoms with Gasteiger partial charge in [-0.2, -0.15) is 24.3 Å². The van der Waals surface area contributed by atoms with Crippen molar-refractivity contribution in [1.82, 2.24) is 0 Å². The molecule has 0 aromatic heterocycles. The van der Waals surface area contributed by atoms with Gasteiger partial charge in [-0.1, -0.05) is 13.1 Å². The van der Waals surface area contributed by atoms with Crippen molar-refractivity contribution in [2.45, 2.75) is 38.2 Å². The van der Waals surface area contributed by atoms with Crippen LogP contribution in [-0.2, 0) is 0 Å². The maximum Gasteiger partial charge on any atom is 0.394 e. The monoisotopic (exact) mass is 216 g/mol. The Kier molecular flexibility index (Phi) is 2.28. The fourth-order valence-electron chi connectivity index (χ4n) is 1.52. The molecular formula is C7H12ClF3Si. The van der Waals surface area contributed by atoms with Crippen LogP contribution in [0, 0.1) is 5.41 Å². The van der Waals surface area contributed by atoms with Gasteiger partial charge in [0.05, 0.1) is 5.41 Å². The van der Waals surface area contributed by atoms with E-state index in [1.54, 1.807) is 13.1 Å². The summed E-state index contributed by atoms with van der Waals surface area (Å²) in [5.41, 5.74) is -1.40. The summed E-state index contributed by atoms with van der Waals surface area (Å²) < 4.78 is 37.2. The highest BCUT2D eigenvalue weighted by Gasteiger charge is 2.64. The van der Waals surface area contributed by atoms with Crippen molar-refractivity contribution in [2.75, 3.05) is 0 Å². The average molecular weight is 217 g/mol. The predicted octanol–water partition coefficient (Wildman–Crippen LogP) is 3.77. The van der Waals surface area contributed by atoms with Gasteiger partial charge >= 0.3 is 6.18 Å². The van der Waals surface area contributed by atoms with Gasteiger partial charge in [0.15, 0.2) is 7.38 Å². The van der Waals surface area contributed by atoms with Gasteiger partial charge < -0.3 is 0 Å². The first kappa shape index (κ1) is 10.4. The third-order valence-electron chi connectivity index (χ3n) is 2.21. The molecule has 0 amide bonds. The van der Waals surface area contributed by atoms with Crippen LogP contribution in [0.3, 0.4) is 0 Å². The maximum absolute atomic E-state index is 12.4. The van der Waals surface area contributed by atoms with E-state index < -0.39 is 19.0 Å². The molecule has 0 nitrogen and oxygen atoms in total. The number of hydrogen-bond donors (Lipinski definition) is 0. The molecule has 1 saturated carbocycles. The fourth-order valence-corrected chi connectivity index (χ4v) is 4.45. The molecule has 1 aliphatic carbocycles. The van der Waals surface area contributed by atoms with Crippen molar-refractivity contribution >= 4 is 18.5 Å². The van der Waals surface area contributed by atoms with Crippen LogP contribution in [0.25, 0.3) is 0 Å². The largest absolute Gasteiger partial charge is 0.394 e. The van der Waals surface area contributed by atoms with E-state index in [4.69, 9.17) is 11.1 Å². The molecule has 0 saturated heterocycles. The molecule has 0 aliphatic heterocycles. The van der Waals surface area contributed by atoms with Crippen LogP contribution < -0.4 is 0 Å². The van der Waals surface area contributed by atoms with Crippen LogP contribution in [0.4, 0.5) is 13.2 Å². The Morgan fingerprint density at radius 2 is 1.75 bits per heavy atom. The molecular weight excluding hydrogens is 205 g/mol. The molecule has 1 rings (SSSR count). The number of hydrogen-bond acceptors (Lipinski definition) is 0. The van der Waals surface area contributed by atoms with E-state index in [-0.39, 0.29) is 18.9 Å². The van der Waals surface area contributed by atoms with Gasteiger partial charge in [-0.15, -0.1) is 0 Å². The summed E-state index contributed by atoms with van der Waals surface area (Å²) in [7, 11) is -2.09. The smallest absolute Gasteiger partial charge is 0.171 e. The van der Waals surface area contributed by atoms with Crippen molar-refractivity contribution in [3.8, 4) is 0 Å². The van der Waals surface area contributed by atoms with Crippen LogP contribution in [-0.4, -0.2) is 13.6 Å². The third-order valence-corrected chi connectivity index (χ3v) is 4.13. The average Bonchev–Trinajstić information content (AvgIpc) is 2.39. The number of rotatable bonds is 2. The molecule has 0 aromatic rings. The Balaban J connectivity index is 2.63. The molecule has 0 bridgehead atoms. The minimum atomic E-state index is -4.04. The zero-order chi connectivity index (χ0) is 9.62. The summed E-state index contributed by atoms with van der Waals surface area (Å²) in [6, 6.07) is 0.172. The van der Waals surface area contributed by atoms with Gasteiger partial charge in [0.2, 0.25) is 0 Å². The molecule has 0 heterocycles. The zero-order valence-corrected chi connectivity index (χ0v) is 8.89. The lowest BCUT2D eigenvalue weighted by atomic mass is 10.1. The first-order valence-corrected chi connectivity index (χ1v) is 8.14. The van der Waals surface area contributed by atoms with Crippen LogP contribution in [0.2, 0.25) is 19.1 Å². The summed E-state index contributed by atoms with van der Waals surface area (Å²) in [5.74, 6) is 0. The Labute approximate surface area is 75.8 Å². The van der Waals surface area contributed by atoms with Gasteiger partial charge in [0.25, 0.3) is 0 Å². The van der Waals surface area contributed by atoms with E-state index >= 15 is 0 Å². The molecule has 0 N–H and O–H groups in total. The molecule has 0 aromatic carbocycles. The second kappa shape index (κ2) is 2.64. The van der Waals surface area contributed by atoms with E-state index in [0.29, 0.717) is 0 Å². The highest BCUT2D eigenvalue weighted by Crippen LogP contribution is 2.62. The lowest BCUT2D eigenvalue weighted by molar-refractivity contribution is -0.181. The first-order chi connectivity index (χ1) is 5.16. The lowest BCUT2D eigenvalue weighted by Gasteiger charge is -2.24. The highest BCUT2D eigenvalue weighted by molar-refractivity contribution is 7.19. The van der Waals surface area contributed by atoms with Gasteiger partial charge in [-0.05, 0) is 18.9 Å². The molecule has 0 radical (unpaired) electrons. The Morgan fingerprint density at radius 1 is 1.33 bits per heavy atom. The van der Waals surface area contributed by atoms with Gasteiger partial charge in [-0.25, -0.2) is 0 Å². The first-order valence-electron chi connectivity index (χ1n) is 3.92. The van der Waals surface area contributed by atoms with E-state index in [2.05, 4.69) is 0 Å². The van der Waals surface area contributed by atoms with Crippen LogP contribution in [0.15, 0.2) is 0 Å². The second-order valence-corrected chi connectivity index (χ2v) is 11.0. The minimum Gasteiger partial charge on any atom is -0.171 e. The molecule has 1 aliphatic rings. The van der Waals surface area contributed by atoms with Crippen molar-refractivity contribution in [1.29, 1.82) is 0 Å². The number of alkyl halides is 3. The molecule has 1 fully saturated rings. The zero-order valence-electron chi connectivity index (χ0n) is 7.13. The molecule has 0 unspecified atom stereocenters. The Bertz CT molecular complexity index is 178. The van der Waals surface area contributed by atoms with E-state index in [9.17, 15) is 13.2 Å². The maximum atomic E-state index is 12.4. The summed E-state index contributed by atoms with van der Waals surface area (Å²) in [5, 5.41) is 0. The molecule has 5 heteroatoms. The molecule has 0 spiro atoms. The summed E-state index contributed by atoms with van der Waals surface area (Å²) in [4.78, 5) is 0. The minimum absolute atomic E-state index is 0.172. The number of halogens is 4. The normalized spacial score (nSPS) is 22.5. The quantitative estimate of drug-likeness (QED) is 0.487. The van der Waals surface area contributed by atoms with E-state index in [1.165, 1.54) is 0 Å². The van der Waals surface area contributed by atoms with Crippen LogP contribution in [0.5, 0.6) is 0 Å². The van der Waals surface area contributed by atoms with Gasteiger partial charge in [0.1, 0.15) is 0 Å². The Hall–Kier alpha value is 0.297. The standard InChI is InChI=1S/C7H12ClF3Si/c1-12(2,8)5-6(3-4-6)7(9,10)11/h3-5H2,1-2H3. The van der Waals surface area contributed by atoms with E-state index in [1.807, 2.05) is 0 Å². The topological polar surface area (TPSA) is 0 Å².